The minimum Gasteiger partial charge on any atom is -0.454 e. The van der Waals surface area contributed by atoms with Gasteiger partial charge in [0.05, 0.1) is 16.3 Å². The number of nitrogens with one attached hydrogen (secondary N) is 2. The lowest BCUT2D eigenvalue weighted by atomic mass is 10.1. The third-order valence-corrected chi connectivity index (χ3v) is 6.89. The molecule has 0 aromatic heterocycles. The average molecular weight is 691 g/mol. The maximum Gasteiger partial charge on any atom is 0.343 e. The van der Waals surface area contributed by atoms with Crippen molar-refractivity contribution in [1.82, 2.24) is 10.7 Å². The van der Waals surface area contributed by atoms with E-state index in [1.165, 1.54) is 12.3 Å². The summed E-state index contributed by atoms with van der Waals surface area (Å²) in [7, 11) is 0. The summed E-state index contributed by atoms with van der Waals surface area (Å²) >= 11 is 6.83. The van der Waals surface area contributed by atoms with E-state index in [0.29, 0.717) is 42.7 Å². The van der Waals surface area contributed by atoms with E-state index in [2.05, 4.69) is 47.7 Å². The van der Waals surface area contributed by atoms with Crippen LogP contribution in [-0.2, 0) is 4.79 Å². The largest absolute Gasteiger partial charge is 0.454 e. The van der Waals surface area contributed by atoms with Crippen LogP contribution in [0.1, 0.15) is 31.8 Å². The summed E-state index contributed by atoms with van der Waals surface area (Å²) in [4.78, 5) is 38.9. The van der Waals surface area contributed by atoms with Crippen LogP contribution in [0.4, 0.5) is 0 Å². The number of carbonyl (C=O) groups excluding carboxylic acids is 3. The van der Waals surface area contributed by atoms with Gasteiger partial charge in [0, 0.05) is 15.6 Å². The normalized spacial score (nSPS) is 12.2. The number of nitrogens with zero attached hydrogens (tertiary/aromatic N) is 1. The van der Waals surface area contributed by atoms with Crippen molar-refractivity contribution in [3.63, 3.8) is 0 Å². The SMILES string of the molecule is O=C(N/N=C\c1cc(Br)cc(Br)c1OC(=O)c1ccccc1)/C(=C/c1ccc2c(c1)OCO2)NC(=O)c1ccccc1. The standard InChI is InChI=1S/C31H21Br2N3O6/c32-23-15-22(28(24(33)16-23)42-31(39)21-9-5-2-6-10-21)17-34-36-30(38)25(35-29(37)20-7-3-1-4-8-20)13-19-11-12-26-27(14-19)41-18-40-26/h1-17H,18H2,(H,35,37)(H,36,38)/b25-13-,34-17-. The summed E-state index contributed by atoms with van der Waals surface area (Å²) < 4.78 is 17.6. The Kier molecular flexibility index (Phi) is 9.10. The molecule has 0 bridgehead atoms. The van der Waals surface area contributed by atoms with Crippen molar-refractivity contribution in [3.05, 3.63) is 128 Å². The Morgan fingerprint density at radius 1 is 0.833 bits per heavy atom. The van der Waals surface area contributed by atoms with Gasteiger partial charge in [-0.2, -0.15) is 5.10 Å². The van der Waals surface area contributed by atoms with Crippen LogP contribution in [0.15, 0.2) is 111 Å². The van der Waals surface area contributed by atoms with Gasteiger partial charge in [-0.05, 0) is 76.1 Å². The number of benzene rings is 4. The minimum atomic E-state index is -0.690. The molecule has 0 saturated heterocycles. The van der Waals surface area contributed by atoms with E-state index in [-0.39, 0.29) is 18.2 Å². The first-order valence-corrected chi connectivity index (χ1v) is 14.0. The molecule has 1 aliphatic heterocycles. The van der Waals surface area contributed by atoms with Crippen molar-refractivity contribution in [3.8, 4) is 17.2 Å². The number of esters is 1. The van der Waals surface area contributed by atoms with Gasteiger partial charge in [-0.3, -0.25) is 9.59 Å². The van der Waals surface area contributed by atoms with Crippen LogP contribution in [0, 0.1) is 0 Å². The molecule has 0 fully saturated rings. The first-order valence-electron chi connectivity index (χ1n) is 12.4. The van der Waals surface area contributed by atoms with E-state index in [4.69, 9.17) is 14.2 Å². The maximum atomic E-state index is 13.3. The number of fused-ring (bicyclic) bond motifs is 1. The number of amides is 2. The Hall–Kier alpha value is -4.74. The lowest BCUT2D eigenvalue weighted by Gasteiger charge is -2.11. The number of rotatable bonds is 8. The Labute approximate surface area is 257 Å². The van der Waals surface area contributed by atoms with Crippen LogP contribution in [-0.4, -0.2) is 30.8 Å². The summed E-state index contributed by atoms with van der Waals surface area (Å²) in [6, 6.07) is 25.6. The van der Waals surface area contributed by atoms with Crippen molar-refractivity contribution < 1.29 is 28.6 Å². The molecule has 0 atom stereocenters. The predicted molar refractivity (Wildman–Crippen MR) is 163 cm³/mol. The molecule has 1 heterocycles. The zero-order valence-electron chi connectivity index (χ0n) is 21.7. The van der Waals surface area contributed by atoms with E-state index < -0.39 is 17.8 Å². The fourth-order valence-corrected chi connectivity index (χ4v) is 5.18. The van der Waals surface area contributed by atoms with Crippen LogP contribution in [0.5, 0.6) is 17.2 Å². The molecule has 210 valence electrons. The van der Waals surface area contributed by atoms with Gasteiger partial charge in [0.2, 0.25) is 6.79 Å². The Bertz CT molecular complexity index is 1710. The molecule has 2 N–H and O–H groups in total. The second-order valence-electron chi connectivity index (χ2n) is 8.75. The molecule has 0 aliphatic carbocycles. The smallest absolute Gasteiger partial charge is 0.343 e. The number of ether oxygens (including phenoxy) is 3. The molecule has 0 spiro atoms. The van der Waals surface area contributed by atoms with Gasteiger partial charge in [0.25, 0.3) is 11.8 Å². The van der Waals surface area contributed by atoms with Crippen molar-refractivity contribution in [2.24, 2.45) is 5.10 Å². The third-order valence-electron chi connectivity index (χ3n) is 5.85. The van der Waals surface area contributed by atoms with E-state index in [9.17, 15) is 14.4 Å². The molecule has 5 rings (SSSR count). The van der Waals surface area contributed by atoms with Crippen LogP contribution >= 0.6 is 31.9 Å². The van der Waals surface area contributed by atoms with E-state index in [1.54, 1.807) is 91.0 Å². The first-order chi connectivity index (χ1) is 20.4. The molecular formula is C31H21Br2N3O6. The van der Waals surface area contributed by atoms with Gasteiger partial charge >= 0.3 is 5.97 Å². The Morgan fingerprint density at radius 2 is 1.52 bits per heavy atom. The summed E-state index contributed by atoms with van der Waals surface area (Å²) in [5.74, 6) is -0.417. The van der Waals surface area contributed by atoms with Gasteiger partial charge in [-0.1, -0.05) is 58.4 Å². The molecule has 42 heavy (non-hydrogen) atoms. The number of halogens is 2. The highest BCUT2D eigenvalue weighted by Gasteiger charge is 2.18. The van der Waals surface area contributed by atoms with E-state index in [1.807, 2.05) is 0 Å². The molecule has 2 amide bonds. The molecule has 1 aliphatic rings. The fraction of sp³-hybridized carbons (Fsp3) is 0.0323. The molecule has 0 unspecified atom stereocenters. The third kappa shape index (κ3) is 7.12. The van der Waals surface area contributed by atoms with Crippen molar-refractivity contribution in [2.45, 2.75) is 0 Å². The Balaban J connectivity index is 1.38. The molecule has 0 radical (unpaired) electrons. The topological polar surface area (TPSA) is 115 Å². The summed E-state index contributed by atoms with van der Waals surface area (Å²) in [6.45, 7) is 0.101. The average Bonchev–Trinajstić information content (AvgIpc) is 3.47. The van der Waals surface area contributed by atoms with Gasteiger partial charge in [0.1, 0.15) is 5.70 Å². The molecular weight excluding hydrogens is 670 g/mol. The van der Waals surface area contributed by atoms with Gasteiger partial charge in [0.15, 0.2) is 17.2 Å². The first kappa shape index (κ1) is 28.8. The second-order valence-corrected chi connectivity index (χ2v) is 10.5. The minimum absolute atomic E-state index is 0.0639. The van der Waals surface area contributed by atoms with Crippen molar-refractivity contribution in [1.29, 1.82) is 0 Å². The summed E-state index contributed by atoms with van der Waals surface area (Å²) in [6.07, 6.45) is 2.83. The molecule has 11 heteroatoms. The monoisotopic (exact) mass is 689 g/mol. The summed E-state index contributed by atoms with van der Waals surface area (Å²) in [5.41, 5.74) is 4.10. The summed E-state index contributed by atoms with van der Waals surface area (Å²) in [5, 5.41) is 6.72. The lowest BCUT2D eigenvalue weighted by molar-refractivity contribution is -0.117. The predicted octanol–water partition coefficient (Wildman–Crippen LogP) is 6.08. The number of hydrogen-bond donors (Lipinski definition) is 2. The number of hydrazone groups is 1. The fourth-order valence-electron chi connectivity index (χ4n) is 3.84. The van der Waals surface area contributed by atoms with Crippen molar-refractivity contribution in [2.75, 3.05) is 6.79 Å². The number of carbonyl (C=O) groups is 3. The number of hydrogen-bond acceptors (Lipinski definition) is 7. The van der Waals surface area contributed by atoms with Crippen LogP contribution in [0.2, 0.25) is 0 Å². The van der Waals surface area contributed by atoms with Crippen LogP contribution < -0.4 is 25.0 Å². The highest BCUT2D eigenvalue weighted by atomic mass is 79.9. The van der Waals surface area contributed by atoms with Crippen LogP contribution in [0.3, 0.4) is 0 Å². The van der Waals surface area contributed by atoms with Crippen LogP contribution in [0.25, 0.3) is 6.08 Å². The quantitative estimate of drug-likeness (QED) is 0.0762. The van der Waals surface area contributed by atoms with Gasteiger partial charge in [-0.25, -0.2) is 10.2 Å². The highest BCUT2D eigenvalue weighted by molar-refractivity contribution is 9.11. The zero-order chi connectivity index (χ0) is 29.5. The van der Waals surface area contributed by atoms with E-state index >= 15 is 0 Å². The zero-order valence-corrected chi connectivity index (χ0v) is 24.8. The maximum absolute atomic E-state index is 13.3. The van der Waals surface area contributed by atoms with Gasteiger partial charge < -0.3 is 19.5 Å². The van der Waals surface area contributed by atoms with Crippen molar-refractivity contribution >= 4 is 61.9 Å². The van der Waals surface area contributed by atoms with Gasteiger partial charge in [-0.15, -0.1) is 0 Å². The highest BCUT2D eigenvalue weighted by Crippen LogP contribution is 2.34. The van der Waals surface area contributed by atoms with E-state index in [0.717, 1.165) is 0 Å². The molecule has 0 saturated carbocycles. The molecule has 4 aromatic rings. The molecule has 4 aromatic carbocycles. The Morgan fingerprint density at radius 3 is 2.26 bits per heavy atom. The second kappa shape index (κ2) is 13.3. The molecule has 9 nitrogen and oxygen atoms in total. The lowest BCUT2D eigenvalue weighted by Crippen LogP contribution is -2.32.